The Morgan fingerprint density at radius 1 is 1.04 bits per heavy atom. The van der Waals surface area contributed by atoms with Crippen LogP contribution in [0.25, 0.3) is 0 Å². The van der Waals surface area contributed by atoms with Gasteiger partial charge in [0.2, 0.25) is 5.95 Å². The van der Waals surface area contributed by atoms with Gasteiger partial charge in [-0.1, -0.05) is 37.8 Å². The second-order valence-corrected chi connectivity index (χ2v) is 6.30. The maximum atomic E-state index is 5.18. The first-order valence-corrected chi connectivity index (χ1v) is 8.80. The molecule has 0 atom stereocenters. The van der Waals surface area contributed by atoms with Gasteiger partial charge in [0.05, 0.1) is 7.11 Å². The topological polar surface area (TPSA) is 59.1 Å². The molecule has 1 aromatic carbocycles. The van der Waals surface area contributed by atoms with Crippen LogP contribution in [0.5, 0.6) is 5.75 Å². The zero-order valence-corrected chi connectivity index (χ0v) is 14.3. The molecular weight excluding hydrogens is 300 g/mol. The van der Waals surface area contributed by atoms with Crippen molar-refractivity contribution in [1.29, 1.82) is 0 Å². The van der Waals surface area contributed by atoms with E-state index in [1.165, 1.54) is 44.1 Å². The maximum absolute atomic E-state index is 5.18. The number of anilines is 2. The van der Waals surface area contributed by atoms with Crippen LogP contribution in [0, 0.1) is 0 Å². The summed E-state index contributed by atoms with van der Waals surface area (Å²) >= 11 is 0. The number of hydrogen-bond acceptors (Lipinski definition) is 5. The molecule has 3 rings (SSSR count). The van der Waals surface area contributed by atoms with Gasteiger partial charge >= 0.3 is 0 Å². The van der Waals surface area contributed by atoms with Gasteiger partial charge in [0.1, 0.15) is 11.6 Å². The normalized spacial score (nSPS) is 15.5. The van der Waals surface area contributed by atoms with Gasteiger partial charge in [0.15, 0.2) is 0 Å². The van der Waals surface area contributed by atoms with Gasteiger partial charge in [0.25, 0.3) is 0 Å². The molecule has 1 aliphatic rings. The minimum atomic E-state index is 0.539. The van der Waals surface area contributed by atoms with Gasteiger partial charge in [-0.3, -0.25) is 0 Å². The van der Waals surface area contributed by atoms with Crippen molar-refractivity contribution in [2.24, 2.45) is 0 Å². The summed E-state index contributed by atoms with van der Waals surface area (Å²) in [4.78, 5) is 8.90. The van der Waals surface area contributed by atoms with E-state index in [1.54, 1.807) is 7.11 Å². The minimum absolute atomic E-state index is 0.539. The molecule has 128 valence electrons. The third kappa shape index (κ3) is 4.85. The fourth-order valence-electron chi connectivity index (χ4n) is 3.08. The Morgan fingerprint density at radius 3 is 2.50 bits per heavy atom. The largest absolute Gasteiger partial charge is 0.497 e. The fourth-order valence-corrected chi connectivity index (χ4v) is 3.08. The lowest BCUT2D eigenvalue weighted by Crippen LogP contribution is -2.19. The van der Waals surface area contributed by atoms with E-state index >= 15 is 0 Å². The molecule has 5 nitrogen and oxygen atoms in total. The van der Waals surface area contributed by atoms with Crippen LogP contribution in [0.15, 0.2) is 36.5 Å². The predicted molar refractivity (Wildman–Crippen MR) is 97.5 cm³/mol. The van der Waals surface area contributed by atoms with Crippen LogP contribution >= 0.6 is 0 Å². The molecule has 1 fully saturated rings. The van der Waals surface area contributed by atoms with Crippen LogP contribution in [-0.4, -0.2) is 23.1 Å². The lowest BCUT2D eigenvalue weighted by atomic mass is 10.1. The lowest BCUT2D eigenvalue weighted by Gasteiger charge is -2.17. The van der Waals surface area contributed by atoms with Crippen molar-refractivity contribution in [2.75, 3.05) is 17.7 Å². The van der Waals surface area contributed by atoms with E-state index in [0.29, 0.717) is 18.5 Å². The molecule has 1 saturated carbocycles. The molecule has 1 heterocycles. The average molecular weight is 326 g/mol. The number of ether oxygens (including phenoxy) is 1. The molecule has 2 N–H and O–H groups in total. The number of hydrogen-bond donors (Lipinski definition) is 2. The number of benzene rings is 1. The van der Waals surface area contributed by atoms with Gasteiger partial charge in [0, 0.05) is 18.8 Å². The fraction of sp³-hybridized carbons (Fsp3) is 0.474. The Bertz CT molecular complexity index is 622. The molecule has 1 aromatic heterocycles. The van der Waals surface area contributed by atoms with Gasteiger partial charge < -0.3 is 15.4 Å². The maximum Gasteiger partial charge on any atom is 0.224 e. The second-order valence-electron chi connectivity index (χ2n) is 6.30. The van der Waals surface area contributed by atoms with Gasteiger partial charge in [-0.25, -0.2) is 4.98 Å². The van der Waals surface area contributed by atoms with Gasteiger partial charge in [-0.05, 0) is 36.6 Å². The number of nitrogens with one attached hydrogen (secondary N) is 2. The van der Waals surface area contributed by atoms with E-state index in [4.69, 9.17) is 4.74 Å². The van der Waals surface area contributed by atoms with Crippen molar-refractivity contribution in [3.63, 3.8) is 0 Å². The zero-order chi connectivity index (χ0) is 16.6. The minimum Gasteiger partial charge on any atom is -0.497 e. The standard InChI is InChI=1S/C19H26N4O/c1-24-17-10-8-15(9-11-17)14-21-19-20-13-12-18(23-19)22-16-6-4-2-3-5-7-16/h8-13,16H,2-7,14H2,1H3,(H2,20,21,22,23). The summed E-state index contributed by atoms with van der Waals surface area (Å²) in [6.07, 6.45) is 9.61. The molecule has 0 saturated heterocycles. The quantitative estimate of drug-likeness (QED) is 0.778. The van der Waals surface area contributed by atoms with Crippen molar-refractivity contribution in [1.82, 2.24) is 9.97 Å². The van der Waals surface area contributed by atoms with E-state index in [2.05, 4.69) is 20.6 Å². The van der Waals surface area contributed by atoms with E-state index in [1.807, 2.05) is 36.5 Å². The molecule has 0 spiro atoms. The van der Waals surface area contributed by atoms with E-state index in [9.17, 15) is 0 Å². The second kappa shape index (κ2) is 8.52. The Kier molecular flexibility index (Phi) is 5.88. The third-order valence-electron chi connectivity index (χ3n) is 4.47. The molecule has 0 bridgehead atoms. The molecule has 24 heavy (non-hydrogen) atoms. The summed E-state index contributed by atoms with van der Waals surface area (Å²) in [5.74, 6) is 2.43. The molecule has 0 aliphatic heterocycles. The summed E-state index contributed by atoms with van der Waals surface area (Å²) in [5, 5.41) is 6.85. The van der Waals surface area contributed by atoms with E-state index in [-0.39, 0.29) is 0 Å². The van der Waals surface area contributed by atoms with E-state index < -0.39 is 0 Å². The summed E-state index contributed by atoms with van der Waals surface area (Å²) in [6.45, 7) is 0.691. The number of methoxy groups -OCH3 is 1. The highest BCUT2D eigenvalue weighted by atomic mass is 16.5. The lowest BCUT2D eigenvalue weighted by molar-refractivity contribution is 0.414. The van der Waals surface area contributed by atoms with Gasteiger partial charge in [-0.2, -0.15) is 4.98 Å². The highest BCUT2D eigenvalue weighted by Crippen LogP contribution is 2.20. The smallest absolute Gasteiger partial charge is 0.224 e. The predicted octanol–water partition coefficient (Wildman–Crippen LogP) is 4.23. The molecule has 0 radical (unpaired) electrons. The van der Waals surface area contributed by atoms with Crippen LogP contribution in [0.3, 0.4) is 0 Å². The molecule has 5 heteroatoms. The number of aromatic nitrogens is 2. The Hall–Kier alpha value is -2.30. The molecule has 0 unspecified atom stereocenters. The summed E-state index contributed by atoms with van der Waals surface area (Å²) in [5.41, 5.74) is 1.17. The van der Waals surface area contributed by atoms with Crippen LogP contribution in [-0.2, 0) is 6.54 Å². The molecular formula is C19H26N4O. The van der Waals surface area contributed by atoms with Crippen LogP contribution < -0.4 is 15.4 Å². The highest BCUT2D eigenvalue weighted by Gasteiger charge is 2.12. The van der Waals surface area contributed by atoms with Crippen molar-refractivity contribution in [3.05, 3.63) is 42.1 Å². The highest BCUT2D eigenvalue weighted by molar-refractivity contribution is 5.41. The van der Waals surface area contributed by atoms with Crippen molar-refractivity contribution in [3.8, 4) is 5.75 Å². The Morgan fingerprint density at radius 2 is 1.79 bits per heavy atom. The zero-order valence-electron chi connectivity index (χ0n) is 14.3. The third-order valence-corrected chi connectivity index (χ3v) is 4.47. The monoisotopic (exact) mass is 326 g/mol. The first-order valence-electron chi connectivity index (χ1n) is 8.80. The Labute approximate surface area is 143 Å². The molecule has 1 aliphatic carbocycles. The summed E-state index contributed by atoms with van der Waals surface area (Å²) in [7, 11) is 1.67. The van der Waals surface area contributed by atoms with Crippen LogP contribution in [0.1, 0.15) is 44.1 Å². The van der Waals surface area contributed by atoms with Crippen LogP contribution in [0.4, 0.5) is 11.8 Å². The average Bonchev–Trinajstić information content (AvgIpc) is 2.89. The van der Waals surface area contributed by atoms with Crippen molar-refractivity contribution in [2.45, 2.75) is 51.1 Å². The van der Waals surface area contributed by atoms with Crippen molar-refractivity contribution >= 4 is 11.8 Å². The summed E-state index contributed by atoms with van der Waals surface area (Å²) in [6, 6.07) is 10.5. The van der Waals surface area contributed by atoms with Crippen LogP contribution in [0.2, 0.25) is 0 Å². The number of rotatable bonds is 6. The first kappa shape index (κ1) is 16.6. The molecule has 2 aromatic rings. The van der Waals surface area contributed by atoms with Gasteiger partial charge in [-0.15, -0.1) is 0 Å². The number of nitrogens with zero attached hydrogens (tertiary/aromatic N) is 2. The molecule has 0 amide bonds. The Balaban J connectivity index is 1.55. The van der Waals surface area contributed by atoms with E-state index in [0.717, 1.165) is 11.6 Å². The summed E-state index contributed by atoms with van der Waals surface area (Å²) < 4.78 is 5.18. The first-order chi connectivity index (χ1) is 11.8. The van der Waals surface area contributed by atoms with Crippen molar-refractivity contribution < 1.29 is 4.74 Å². The SMILES string of the molecule is COc1ccc(CNc2nccc(NC3CCCCCC3)n2)cc1.